The second kappa shape index (κ2) is 6.89. The molecule has 0 saturated heterocycles. The van der Waals surface area contributed by atoms with E-state index >= 15 is 0 Å². The van der Waals surface area contributed by atoms with E-state index in [9.17, 15) is 9.59 Å². The van der Waals surface area contributed by atoms with Gasteiger partial charge in [0.1, 0.15) is 0 Å². The first-order valence-electron chi connectivity index (χ1n) is 7.82. The number of nitrogens with one attached hydrogen (secondary N) is 1. The monoisotopic (exact) mass is 387 g/mol. The van der Waals surface area contributed by atoms with Crippen LogP contribution in [0.25, 0.3) is 0 Å². The summed E-state index contributed by atoms with van der Waals surface area (Å²) in [6.45, 7) is 9.84. The minimum atomic E-state index is -0.210. The van der Waals surface area contributed by atoms with Gasteiger partial charge in [-0.15, -0.1) is 0 Å². The number of ketones is 1. The molecule has 0 unspecified atom stereocenters. The van der Waals surface area contributed by atoms with E-state index in [0.29, 0.717) is 16.8 Å². The number of amides is 1. The number of rotatable bonds is 3. The summed E-state index contributed by atoms with van der Waals surface area (Å²) in [5.74, 6) is -0.302. The standard InChI is InChI=1S/C20H22BrNO2/c1-12-10-14(20(3,4)5)6-8-16(12)19(24)22-18-9-7-15(21)11-17(18)13(2)23/h6-11H,1-5H3,(H,22,24). The molecule has 0 fully saturated rings. The molecule has 2 rings (SSSR count). The molecule has 2 aromatic rings. The number of hydrogen-bond acceptors (Lipinski definition) is 2. The highest BCUT2D eigenvalue weighted by Crippen LogP contribution is 2.26. The lowest BCUT2D eigenvalue weighted by Gasteiger charge is -2.20. The van der Waals surface area contributed by atoms with Gasteiger partial charge in [0.15, 0.2) is 5.78 Å². The number of carbonyl (C=O) groups excluding carboxylic acids is 2. The number of aryl methyl sites for hydroxylation is 1. The smallest absolute Gasteiger partial charge is 0.255 e. The SMILES string of the molecule is CC(=O)c1cc(Br)ccc1NC(=O)c1ccc(C(C)(C)C)cc1C. The van der Waals surface area contributed by atoms with Crippen molar-refractivity contribution in [2.75, 3.05) is 5.32 Å². The number of carbonyl (C=O) groups is 2. The van der Waals surface area contributed by atoms with Crippen molar-refractivity contribution in [3.8, 4) is 0 Å². The second-order valence-corrected chi connectivity index (χ2v) is 7.90. The molecule has 1 amide bonds. The zero-order chi connectivity index (χ0) is 18.1. The van der Waals surface area contributed by atoms with Crippen molar-refractivity contribution in [3.63, 3.8) is 0 Å². The molecule has 0 radical (unpaired) electrons. The molecule has 0 aliphatic heterocycles. The van der Waals surface area contributed by atoms with Gasteiger partial charge < -0.3 is 5.32 Å². The van der Waals surface area contributed by atoms with Crippen molar-refractivity contribution in [2.45, 2.75) is 40.0 Å². The molecular weight excluding hydrogens is 366 g/mol. The Morgan fingerprint density at radius 2 is 1.67 bits per heavy atom. The molecule has 0 atom stereocenters. The average Bonchev–Trinajstić information content (AvgIpc) is 2.47. The molecular formula is C20H22BrNO2. The second-order valence-electron chi connectivity index (χ2n) is 6.98. The first-order valence-corrected chi connectivity index (χ1v) is 8.62. The third kappa shape index (κ3) is 4.12. The molecule has 0 heterocycles. The molecule has 0 aliphatic rings. The van der Waals surface area contributed by atoms with Crippen LogP contribution < -0.4 is 5.32 Å². The Balaban J connectivity index is 2.33. The van der Waals surface area contributed by atoms with E-state index < -0.39 is 0 Å². The maximum atomic E-state index is 12.6. The van der Waals surface area contributed by atoms with Crippen LogP contribution in [0.3, 0.4) is 0 Å². The van der Waals surface area contributed by atoms with E-state index in [1.807, 2.05) is 25.1 Å². The summed E-state index contributed by atoms with van der Waals surface area (Å²) in [5, 5.41) is 2.85. The van der Waals surface area contributed by atoms with Crippen molar-refractivity contribution in [3.05, 3.63) is 63.1 Å². The van der Waals surface area contributed by atoms with E-state index in [1.54, 1.807) is 18.2 Å². The van der Waals surface area contributed by atoms with E-state index in [-0.39, 0.29) is 17.1 Å². The van der Waals surface area contributed by atoms with E-state index in [1.165, 1.54) is 12.5 Å². The number of halogens is 1. The van der Waals surface area contributed by atoms with Crippen molar-refractivity contribution >= 4 is 33.3 Å². The molecule has 4 heteroatoms. The molecule has 126 valence electrons. The van der Waals surface area contributed by atoms with E-state index in [2.05, 4.69) is 42.0 Å². The maximum absolute atomic E-state index is 12.6. The van der Waals surface area contributed by atoms with Crippen LogP contribution >= 0.6 is 15.9 Å². The molecule has 24 heavy (non-hydrogen) atoms. The van der Waals surface area contributed by atoms with Gasteiger partial charge in [-0.3, -0.25) is 9.59 Å². The number of Topliss-reactive ketones (excluding diaryl/α,β-unsaturated/α-hetero) is 1. The lowest BCUT2D eigenvalue weighted by molar-refractivity contribution is 0.101. The summed E-state index contributed by atoms with van der Waals surface area (Å²) in [7, 11) is 0. The summed E-state index contributed by atoms with van der Waals surface area (Å²) in [4.78, 5) is 24.4. The van der Waals surface area contributed by atoms with Crippen molar-refractivity contribution in [1.82, 2.24) is 0 Å². The van der Waals surface area contributed by atoms with Gasteiger partial charge in [0.2, 0.25) is 0 Å². The molecule has 1 N–H and O–H groups in total. The highest BCUT2D eigenvalue weighted by molar-refractivity contribution is 9.10. The number of hydrogen-bond donors (Lipinski definition) is 1. The number of anilines is 1. The molecule has 0 spiro atoms. The van der Waals surface area contributed by atoms with Crippen LogP contribution in [0.15, 0.2) is 40.9 Å². The minimum absolute atomic E-state index is 0.0350. The zero-order valence-electron chi connectivity index (χ0n) is 14.7. The van der Waals surface area contributed by atoms with Crippen LogP contribution in [0.5, 0.6) is 0 Å². The molecule has 0 saturated carbocycles. The number of benzene rings is 2. The molecule has 2 aromatic carbocycles. The zero-order valence-corrected chi connectivity index (χ0v) is 16.2. The average molecular weight is 388 g/mol. The van der Waals surface area contributed by atoms with E-state index in [4.69, 9.17) is 0 Å². The van der Waals surface area contributed by atoms with Gasteiger partial charge >= 0.3 is 0 Å². The highest BCUT2D eigenvalue weighted by Gasteiger charge is 2.18. The predicted octanol–water partition coefficient (Wildman–Crippen LogP) is 5.51. The van der Waals surface area contributed by atoms with Crippen LogP contribution in [-0.4, -0.2) is 11.7 Å². The maximum Gasteiger partial charge on any atom is 0.255 e. The van der Waals surface area contributed by atoms with Gasteiger partial charge in [-0.2, -0.15) is 0 Å². The molecule has 3 nitrogen and oxygen atoms in total. The van der Waals surface area contributed by atoms with Crippen molar-refractivity contribution in [2.24, 2.45) is 0 Å². The Bertz CT molecular complexity index is 804. The molecule has 0 aromatic heterocycles. The van der Waals surface area contributed by atoms with Gasteiger partial charge in [0.25, 0.3) is 5.91 Å². The Morgan fingerprint density at radius 1 is 1.00 bits per heavy atom. The topological polar surface area (TPSA) is 46.2 Å². The quantitative estimate of drug-likeness (QED) is 0.705. The fraction of sp³-hybridized carbons (Fsp3) is 0.300. The lowest BCUT2D eigenvalue weighted by atomic mass is 9.85. The summed E-state index contributed by atoms with van der Waals surface area (Å²) in [6.07, 6.45) is 0. The largest absolute Gasteiger partial charge is 0.321 e. The van der Waals surface area contributed by atoms with Gasteiger partial charge in [-0.25, -0.2) is 0 Å². The van der Waals surface area contributed by atoms with Gasteiger partial charge in [-0.05, 0) is 54.7 Å². The van der Waals surface area contributed by atoms with Crippen molar-refractivity contribution < 1.29 is 9.59 Å². The van der Waals surface area contributed by atoms with Gasteiger partial charge in [0, 0.05) is 15.6 Å². The third-order valence-electron chi connectivity index (χ3n) is 3.95. The summed E-state index contributed by atoms with van der Waals surface area (Å²) in [5.41, 5.74) is 3.76. The third-order valence-corrected chi connectivity index (χ3v) is 4.44. The van der Waals surface area contributed by atoms with Crippen LogP contribution in [0.2, 0.25) is 0 Å². The van der Waals surface area contributed by atoms with Crippen LogP contribution in [0.4, 0.5) is 5.69 Å². The fourth-order valence-electron chi connectivity index (χ4n) is 2.49. The minimum Gasteiger partial charge on any atom is -0.321 e. The highest BCUT2D eigenvalue weighted by atomic mass is 79.9. The van der Waals surface area contributed by atoms with E-state index in [0.717, 1.165) is 10.0 Å². The fourth-order valence-corrected chi connectivity index (χ4v) is 2.85. The van der Waals surface area contributed by atoms with Gasteiger partial charge in [-0.1, -0.05) is 48.8 Å². The molecule has 0 aliphatic carbocycles. The summed E-state index contributed by atoms with van der Waals surface area (Å²) >= 11 is 3.35. The van der Waals surface area contributed by atoms with Gasteiger partial charge in [0.05, 0.1) is 5.69 Å². The first-order chi connectivity index (χ1) is 11.1. The predicted molar refractivity (Wildman–Crippen MR) is 102 cm³/mol. The Labute approximate surface area is 151 Å². The normalized spacial score (nSPS) is 11.2. The lowest BCUT2D eigenvalue weighted by Crippen LogP contribution is -2.17. The Kier molecular flexibility index (Phi) is 5.29. The summed E-state index contributed by atoms with van der Waals surface area (Å²) in [6, 6.07) is 11.1. The Morgan fingerprint density at radius 3 is 2.21 bits per heavy atom. The van der Waals surface area contributed by atoms with Crippen LogP contribution in [0, 0.1) is 6.92 Å². The van der Waals surface area contributed by atoms with Crippen LogP contribution in [0.1, 0.15) is 59.5 Å². The molecule has 0 bridgehead atoms. The van der Waals surface area contributed by atoms with Crippen LogP contribution in [-0.2, 0) is 5.41 Å². The first kappa shape index (κ1) is 18.4. The summed E-state index contributed by atoms with van der Waals surface area (Å²) < 4.78 is 0.802. The van der Waals surface area contributed by atoms with Crippen molar-refractivity contribution in [1.29, 1.82) is 0 Å². The Hall–Kier alpha value is -1.94.